The lowest BCUT2D eigenvalue weighted by atomic mass is 9.99. The van der Waals surface area contributed by atoms with Gasteiger partial charge in [-0.3, -0.25) is 9.97 Å². The van der Waals surface area contributed by atoms with Crippen LogP contribution in [0.2, 0.25) is 0 Å². The zero-order chi connectivity index (χ0) is 17.8. The molecule has 0 saturated carbocycles. The standard InChI is InChI=1S/C22H18N4/c1-12-10-13(2)17(14(3)11-12)22-25-20-15-6-4-8-23-18(15)19-16(21(20)26-22)7-5-9-24-19/h4-11H,1-3H3,(H,25,26). The predicted octanol–water partition coefficient (Wildman–Crippen LogP) is 5.25. The van der Waals surface area contributed by atoms with Crippen LogP contribution in [0.4, 0.5) is 0 Å². The maximum absolute atomic E-state index is 4.99. The highest BCUT2D eigenvalue weighted by molar-refractivity contribution is 6.21. The fourth-order valence-corrected chi connectivity index (χ4v) is 4.02. The third-order valence-corrected chi connectivity index (χ3v) is 4.98. The lowest BCUT2D eigenvalue weighted by molar-refractivity contribution is 1.25. The number of imidazole rings is 1. The van der Waals surface area contributed by atoms with E-state index in [0.717, 1.165) is 38.7 Å². The summed E-state index contributed by atoms with van der Waals surface area (Å²) in [5, 5.41) is 2.08. The number of benzene rings is 2. The molecule has 4 nitrogen and oxygen atoms in total. The van der Waals surface area contributed by atoms with E-state index < -0.39 is 0 Å². The van der Waals surface area contributed by atoms with Gasteiger partial charge in [-0.25, -0.2) is 4.98 Å². The van der Waals surface area contributed by atoms with Crippen LogP contribution in [-0.2, 0) is 0 Å². The van der Waals surface area contributed by atoms with Crippen molar-refractivity contribution in [3.63, 3.8) is 0 Å². The van der Waals surface area contributed by atoms with Crippen LogP contribution in [0.5, 0.6) is 0 Å². The van der Waals surface area contributed by atoms with Gasteiger partial charge in [-0.1, -0.05) is 17.7 Å². The van der Waals surface area contributed by atoms with E-state index in [0.29, 0.717) is 0 Å². The minimum Gasteiger partial charge on any atom is -0.337 e. The molecule has 0 aliphatic carbocycles. The molecular weight excluding hydrogens is 320 g/mol. The highest BCUT2D eigenvalue weighted by atomic mass is 14.9. The molecule has 0 aliphatic rings. The molecule has 26 heavy (non-hydrogen) atoms. The monoisotopic (exact) mass is 338 g/mol. The van der Waals surface area contributed by atoms with Crippen LogP contribution in [-0.4, -0.2) is 19.9 Å². The Bertz CT molecular complexity index is 1220. The van der Waals surface area contributed by atoms with Gasteiger partial charge in [-0.2, -0.15) is 0 Å². The fraction of sp³-hybridized carbons (Fsp3) is 0.136. The summed E-state index contributed by atoms with van der Waals surface area (Å²) in [4.78, 5) is 17.7. The Hall–Kier alpha value is -3.27. The van der Waals surface area contributed by atoms with Crippen LogP contribution in [0.3, 0.4) is 0 Å². The molecule has 2 aromatic carbocycles. The van der Waals surface area contributed by atoms with Crippen LogP contribution in [0.1, 0.15) is 16.7 Å². The van der Waals surface area contributed by atoms with Crippen molar-refractivity contribution in [3.05, 3.63) is 65.5 Å². The normalized spacial score (nSPS) is 11.7. The summed E-state index contributed by atoms with van der Waals surface area (Å²) in [6.45, 7) is 6.41. The number of H-pyrrole nitrogens is 1. The van der Waals surface area contributed by atoms with Crippen LogP contribution >= 0.6 is 0 Å². The van der Waals surface area contributed by atoms with Crippen molar-refractivity contribution >= 4 is 32.8 Å². The first-order chi connectivity index (χ1) is 12.6. The van der Waals surface area contributed by atoms with E-state index in [2.05, 4.69) is 60.0 Å². The molecule has 0 atom stereocenters. The third kappa shape index (κ3) is 2.05. The molecule has 1 N–H and O–H groups in total. The van der Waals surface area contributed by atoms with Gasteiger partial charge in [0.1, 0.15) is 5.82 Å². The highest BCUT2D eigenvalue weighted by Crippen LogP contribution is 2.34. The Morgan fingerprint density at radius 1 is 0.769 bits per heavy atom. The molecule has 0 spiro atoms. The maximum atomic E-state index is 4.99. The van der Waals surface area contributed by atoms with E-state index in [4.69, 9.17) is 4.98 Å². The molecule has 3 heterocycles. The van der Waals surface area contributed by atoms with Gasteiger partial charge < -0.3 is 4.98 Å². The zero-order valence-corrected chi connectivity index (χ0v) is 15.0. The van der Waals surface area contributed by atoms with Crippen LogP contribution in [0, 0.1) is 20.8 Å². The van der Waals surface area contributed by atoms with Crippen LogP contribution in [0.25, 0.3) is 44.2 Å². The minimum absolute atomic E-state index is 0.894. The molecule has 0 fully saturated rings. The first-order valence-corrected chi connectivity index (χ1v) is 8.73. The van der Waals surface area contributed by atoms with E-state index in [-0.39, 0.29) is 0 Å². The Morgan fingerprint density at radius 2 is 1.38 bits per heavy atom. The third-order valence-electron chi connectivity index (χ3n) is 4.98. The van der Waals surface area contributed by atoms with E-state index in [1.54, 1.807) is 0 Å². The summed E-state index contributed by atoms with van der Waals surface area (Å²) in [7, 11) is 0. The average Bonchev–Trinajstić information content (AvgIpc) is 3.06. The van der Waals surface area contributed by atoms with Crippen molar-refractivity contribution in [2.75, 3.05) is 0 Å². The molecule has 0 radical (unpaired) electrons. The molecule has 5 rings (SSSR count). The Kier molecular flexibility index (Phi) is 3.10. The van der Waals surface area contributed by atoms with Crippen molar-refractivity contribution in [2.45, 2.75) is 20.8 Å². The summed E-state index contributed by atoms with van der Waals surface area (Å²) >= 11 is 0. The molecule has 0 bridgehead atoms. The van der Waals surface area contributed by atoms with E-state index in [9.17, 15) is 0 Å². The first kappa shape index (κ1) is 15.0. The molecule has 5 aromatic rings. The number of rotatable bonds is 1. The quantitative estimate of drug-likeness (QED) is 0.425. The summed E-state index contributed by atoms with van der Waals surface area (Å²) in [5.41, 5.74) is 8.66. The average molecular weight is 338 g/mol. The Morgan fingerprint density at radius 3 is 2.08 bits per heavy atom. The van der Waals surface area contributed by atoms with Crippen molar-refractivity contribution in [2.24, 2.45) is 0 Å². The van der Waals surface area contributed by atoms with Crippen LogP contribution in [0.15, 0.2) is 48.8 Å². The summed E-state index contributed by atoms with van der Waals surface area (Å²) in [6, 6.07) is 12.5. The molecule has 0 amide bonds. The van der Waals surface area contributed by atoms with Gasteiger partial charge in [0.15, 0.2) is 0 Å². The van der Waals surface area contributed by atoms with Crippen molar-refractivity contribution in [3.8, 4) is 11.4 Å². The number of nitrogens with zero attached hydrogens (tertiary/aromatic N) is 3. The highest BCUT2D eigenvalue weighted by Gasteiger charge is 2.17. The van der Waals surface area contributed by atoms with Gasteiger partial charge in [-0.15, -0.1) is 0 Å². The SMILES string of the molecule is Cc1cc(C)c(-c2nc3c4cccnc4c4ncccc4c3[nH]2)c(C)c1. The number of aromatic amines is 1. The molecule has 0 unspecified atom stereocenters. The van der Waals surface area contributed by atoms with Gasteiger partial charge in [-0.05, 0) is 56.2 Å². The molecule has 126 valence electrons. The van der Waals surface area contributed by atoms with Gasteiger partial charge >= 0.3 is 0 Å². The molecule has 0 aliphatic heterocycles. The lowest BCUT2D eigenvalue weighted by Crippen LogP contribution is -1.91. The van der Waals surface area contributed by atoms with E-state index in [1.807, 2.05) is 24.5 Å². The summed E-state index contributed by atoms with van der Waals surface area (Å²) < 4.78 is 0. The molecular formula is C22H18N4. The second-order valence-corrected chi connectivity index (χ2v) is 6.88. The van der Waals surface area contributed by atoms with E-state index in [1.165, 1.54) is 22.3 Å². The number of hydrogen-bond donors (Lipinski definition) is 1. The number of fused-ring (bicyclic) bond motifs is 6. The van der Waals surface area contributed by atoms with Crippen molar-refractivity contribution in [1.82, 2.24) is 19.9 Å². The smallest absolute Gasteiger partial charge is 0.139 e. The number of hydrogen-bond acceptors (Lipinski definition) is 3. The second kappa shape index (κ2) is 5.36. The fourth-order valence-electron chi connectivity index (χ4n) is 4.02. The second-order valence-electron chi connectivity index (χ2n) is 6.88. The maximum Gasteiger partial charge on any atom is 0.139 e. The number of aryl methyl sites for hydroxylation is 3. The van der Waals surface area contributed by atoms with Gasteiger partial charge in [0.05, 0.1) is 22.1 Å². The minimum atomic E-state index is 0.894. The molecule has 3 aromatic heterocycles. The zero-order valence-electron chi connectivity index (χ0n) is 15.0. The van der Waals surface area contributed by atoms with E-state index >= 15 is 0 Å². The van der Waals surface area contributed by atoms with Crippen molar-refractivity contribution in [1.29, 1.82) is 0 Å². The first-order valence-electron chi connectivity index (χ1n) is 8.73. The topological polar surface area (TPSA) is 54.5 Å². The number of pyridine rings is 2. The van der Waals surface area contributed by atoms with Crippen molar-refractivity contribution < 1.29 is 0 Å². The van der Waals surface area contributed by atoms with Gasteiger partial charge in [0.25, 0.3) is 0 Å². The summed E-state index contributed by atoms with van der Waals surface area (Å²) in [5.74, 6) is 0.900. The number of nitrogens with one attached hydrogen (secondary N) is 1. The lowest BCUT2D eigenvalue weighted by Gasteiger charge is -2.08. The van der Waals surface area contributed by atoms with Gasteiger partial charge in [0.2, 0.25) is 0 Å². The van der Waals surface area contributed by atoms with Crippen LogP contribution < -0.4 is 0 Å². The number of aromatic nitrogens is 4. The molecule has 4 heteroatoms. The Labute approximate surface area is 150 Å². The predicted molar refractivity (Wildman–Crippen MR) is 106 cm³/mol. The largest absolute Gasteiger partial charge is 0.337 e. The Balaban J connectivity index is 1.95. The summed E-state index contributed by atoms with van der Waals surface area (Å²) in [6.07, 6.45) is 3.62. The molecule has 0 saturated heterocycles. The van der Waals surface area contributed by atoms with Gasteiger partial charge in [0, 0.05) is 28.7 Å².